The lowest BCUT2D eigenvalue weighted by Gasteiger charge is -2.18. The van der Waals surface area contributed by atoms with E-state index < -0.39 is 0 Å². The van der Waals surface area contributed by atoms with Gasteiger partial charge in [0.15, 0.2) is 0 Å². The number of hydrogen-bond acceptors (Lipinski definition) is 6. The molecule has 0 heterocycles. The summed E-state index contributed by atoms with van der Waals surface area (Å²) in [6.07, 6.45) is 0. The number of methoxy groups -OCH3 is 1. The quantitative estimate of drug-likeness (QED) is 0.419. The Labute approximate surface area is 192 Å². The van der Waals surface area contributed by atoms with Crippen molar-refractivity contribution < 1.29 is 14.3 Å². The first-order valence-electron chi connectivity index (χ1n) is 10.6. The normalized spacial score (nSPS) is 10.3. The molecule has 2 amide bonds. The SMILES string of the molecule is CCN(CC)C(=O)c1ccc(NC(=O)c2ccc(N=O)c(Nc3cccc(OC)c3)c2)cc1. The molecule has 2 N–H and O–H groups in total. The molecule has 0 aliphatic carbocycles. The number of carbonyl (C=O) groups is 2. The highest BCUT2D eigenvalue weighted by Gasteiger charge is 2.14. The lowest BCUT2D eigenvalue weighted by Crippen LogP contribution is -2.30. The van der Waals surface area contributed by atoms with Gasteiger partial charge in [-0.2, -0.15) is 0 Å². The third-order valence-corrected chi connectivity index (χ3v) is 5.15. The van der Waals surface area contributed by atoms with Crippen LogP contribution in [0.15, 0.2) is 71.9 Å². The van der Waals surface area contributed by atoms with E-state index in [1.807, 2.05) is 19.9 Å². The molecule has 0 saturated heterocycles. The van der Waals surface area contributed by atoms with Crippen molar-refractivity contribution in [3.63, 3.8) is 0 Å². The minimum atomic E-state index is -0.357. The average molecular weight is 447 g/mol. The summed E-state index contributed by atoms with van der Waals surface area (Å²) in [6.45, 7) is 5.12. The van der Waals surface area contributed by atoms with Crippen molar-refractivity contribution in [1.29, 1.82) is 0 Å². The van der Waals surface area contributed by atoms with E-state index in [-0.39, 0.29) is 17.5 Å². The van der Waals surface area contributed by atoms with Crippen molar-refractivity contribution in [3.8, 4) is 5.75 Å². The molecule has 0 bridgehead atoms. The zero-order valence-corrected chi connectivity index (χ0v) is 18.8. The van der Waals surface area contributed by atoms with E-state index in [0.29, 0.717) is 47.0 Å². The number of ether oxygens (including phenoxy) is 1. The fourth-order valence-corrected chi connectivity index (χ4v) is 3.31. The summed E-state index contributed by atoms with van der Waals surface area (Å²) in [6, 6.07) is 18.5. The molecule has 0 aliphatic heterocycles. The summed E-state index contributed by atoms with van der Waals surface area (Å²) in [5.74, 6) is 0.240. The molecule has 3 aromatic carbocycles. The van der Waals surface area contributed by atoms with Crippen molar-refractivity contribution in [2.24, 2.45) is 5.18 Å². The first-order valence-corrected chi connectivity index (χ1v) is 10.6. The summed E-state index contributed by atoms with van der Waals surface area (Å²) in [7, 11) is 1.56. The first-order chi connectivity index (χ1) is 16.0. The van der Waals surface area contributed by atoms with Gasteiger partial charge < -0.3 is 20.3 Å². The van der Waals surface area contributed by atoms with Gasteiger partial charge in [-0.15, -0.1) is 4.91 Å². The van der Waals surface area contributed by atoms with Gasteiger partial charge in [0.05, 0.1) is 12.8 Å². The van der Waals surface area contributed by atoms with Gasteiger partial charge in [0.25, 0.3) is 11.8 Å². The second kappa shape index (κ2) is 10.9. The van der Waals surface area contributed by atoms with Crippen LogP contribution in [0.2, 0.25) is 0 Å². The Morgan fingerprint density at radius 1 is 0.909 bits per heavy atom. The van der Waals surface area contributed by atoms with E-state index in [2.05, 4.69) is 15.8 Å². The molecular weight excluding hydrogens is 420 g/mol. The fraction of sp³-hybridized carbons (Fsp3) is 0.200. The zero-order valence-electron chi connectivity index (χ0n) is 18.8. The third-order valence-electron chi connectivity index (χ3n) is 5.15. The van der Waals surface area contributed by atoms with E-state index in [1.165, 1.54) is 12.1 Å². The summed E-state index contributed by atoms with van der Waals surface area (Å²) < 4.78 is 5.21. The van der Waals surface area contributed by atoms with Crippen LogP contribution in [0, 0.1) is 4.91 Å². The van der Waals surface area contributed by atoms with Crippen molar-refractivity contribution >= 4 is 34.6 Å². The van der Waals surface area contributed by atoms with Gasteiger partial charge in [0, 0.05) is 41.7 Å². The molecule has 0 saturated carbocycles. The molecule has 170 valence electrons. The van der Waals surface area contributed by atoms with E-state index in [9.17, 15) is 14.5 Å². The Bertz CT molecular complexity index is 1140. The summed E-state index contributed by atoms with van der Waals surface area (Å²) in [5.41, 5.74) is 2.71. The maximum Gasteiger partial charge on any atom is 0.255 e. The first kappa shape index (κ1) is 23.5. The molecule has 8 heteroatoms. The van der Waals surface area contributed by atoms with E-state index in [4.69, 9.17) is 4.74 Å². The van der Waals surface area contributed by atoms with Crippen molar-refractivity contribution in [3.05, 3.63) is 82.8 Å². The highest BCUT2D eigenvalue weighted by atomic mass is 16.5. The summed E-state index contributed by atoms with van der Waals surface area (Å²) in [4.78, 5) is 38.2. The molecule has 0 fully saturated rings. The Hall–Kier alpha value is -4.20. The second-order valence-corrected chi connectivity index (χ2v) is 7.19. The number of nitroso groups, excluding NO2 is 1. The molecule has 33 heavy (non-hydrogen) atoms. The largest absolute Gasteiger partial charge is 0.497 e. The molecule has 0 aliphatic rings. The molecule has 3 rings (SSSR count). The Morgan fingerprint density at radius 3 is 2.24 bits per heavy atom. The van der Waals surface area contributed by atoms with Crippen LogP contribution in [0.25, 0.3) is 0 Å². The van der Waals surface area contributed by atoms with Crippen LogP contribution in [-0.2, 0) is 0 Å². The smallest absolute Gasteiger partial charge is 0.255 e. The predicted molar refractivity (Wildman–Crippen MR) is 130 cm³/mol. The number of carbonyl (C=O) groups excluding carboxylic acids is 2. The minimum Gasteiger partial charge on any atom is -0.497 e. The topological polar surface area (TPSA) is 100 Å². The summed E-state index contributed by atoms with van der Waals surface area (Å²) >= 11 is 0. The number of nitrogens with zero attached hydrogens (tertiary/aromatic N) is 2. The van der Waals surface area contributed by atoms with Crippen molar-refractivity contribution in [2.75, 3.05) is 30.8 Å². The van der Waals surface area contributed by atoms with Crippen LogP contribution in [0.1, 0.15) is 34.6 Å². The maximum absolute atomic E-state index is 12.8. The van der Waals surface area contributed by atoms with E-state index in [0.717, 1.165) is 0 Å². The van der Waals surface area contributed by atoms with Crippen molar-refractivity contribution in [1.82, 2.24) is 4.90 Å². The Kier molecular flexibility index (Phi) is 7.75. The van der Waals surface area contributed by atoms with Crippen LogP contribution in [0.5, 0.6) is 5.75 Å². The van der Waals surface area contributed by atoms with Crippen LogP contribution in [-0.4, -0.2) is 36.9 Å². The van der Waals surface area contributed by atoms with Gasteiger partial charge in [-0.25, -0.2) is 0 Å². The van der Waals surface area contributed by atoms with Crippen LogP contribution in [0.3, 0.4) is 0 Å². The number of rotatable bonds is 9. The standard InChI is InChI=1S/C25H26N4O4/c1-4-29(5-2)25(31)17-9-12-19(13-10-17)27-24(30)18-11-14-22(28-32)23(15-18)26-20-7-6-8-21(16-20)33-3/h6-16,26H,4-5H2,1-3H3,(H,27,30). The Morgan fingerprint density at radius 2 is 1.61 bits per heavy atom. The minimum absolute atomic E-state index is 0.0527. The molecule has 8 nitrogen and oxygen atoms in total. The fourth-order valence-electron chi connectivity index (χ4n) is 3.31. The molecule has 3 aromatic rings. The third kappa shape index (κ3) is 5.74. The number of hydrogen-bond donors (Lipinski definition) is 2. The molecule has 0 aromatic heterocycles. The Balaban J connectivity index is 1.76. The molecule has 0 unspecified atom stereocenters. The monoisotopic (exact) mass is 446 g/mol. The lowest BCUT2D eigenvalue weighted by atomic mass is 10.1. The molecule has 0 radical (unpaired) electrons. The predicted octanol–water partition coefficient (Wildman–Crippen LogP) is 5.57. The van der Waals surface area contributed by atoms with Gasteiger partial charge in [-0.05, 0) is 73.6 Å². The van der Waals surface area contributed by atoms with Gasteiger partial charge in [0.1, 0.15) is 11.4 Å². The maximum atomic E-state index is 12.8. The highest BCUT2D eigenvalue weighted by Crippen LogP contribution is 2.30. The molecule has 0 atom stereocenters. The van der Waals surface area contributed by atoms with E-state index in [1.54, 1.807) is 60.5 Å². The van der Waals surface area contributed by atoms with Gasteiger partial charge in [0.2, 0.25) is 0 Å². The zero-order chi connectivity index (χ0) is 23.8. The van der Waals surface area contributed by atoms with Crippen molar-refractivity contribution in [2.45, 2.75) is 13.8 Å². The van der Waals surface area contributed by atoms with Gasteiger partial charge in [-0.3, -0.25) is 9.59 Å². The van der Waals surface area contributed by atoms with Crippen LogP contribution < -0.4 is 15.4 Å². The lowest BCUT2D eigenvalue weighted by molar-refractivity contribution is 0.0773. The van der Waals surface area contributed by atoms with Gasteiger partial charge >= 0.3 is 0 Å². The van der Waals surface area contributed by atoms with E-state index >= 15 is 0 Å². The molecular formula is C25H26N4O4. The number of nitrogens with one attached hydrogen (secondary N) is 2. The number of anilines is 3. The highest BCUT2D eigenvalue weighted by molar-refractivity contribution is 6.05. The van der Waals surface area contributed by atoms with Crippen LogP contribution in [0.4, 0.5) is 22.7 Å². The van der Waals surface area contributed by atoms with Gasteiger partial charge in [-0.1, -0.05) is 6.07 Å². The summed E-state index contributed by atoms with van der Waals surface area (Å²) in [5, 5.41) is 8.95. The second-order valence-electron chi connectivity index (χ2n) is 7.19. The number of amides is 2. The van der Waals surface area contributed by atoms with Crippen LogP contribution >= 0.6 is 0 Å². The molecule has 0 spiro atoms. The number of benzene rings is 3. The average Bonchev–Trinajstić information content (AvgIpc) is 2.85.